The van der Waals surface area contributed by atoms with Crippen LogP contribution in [0.2, 0.25) is 0 Å². The van der Waals surface area contributed by atoms with Crippen molar-refractivity contribution >= 4 is 0 Å². The molecule has 0 amide bonds. The van der Waals surface area contributed by atoms with Crippen LogP contribution in [-0.4, -0.2) is 16.7 Å². The summed E-state index contributed by atoms with van der Waals surface area (Å²) >= 11 is 0. The third-order valence-electron chi connectivity index (χ3n) is 4.48. The van der Waals surface area contributed by atoms with Gasteiger partial charge in [0, 0.05) is 41.2 Å². The van der Waals surface area contributed by atoms with Crippen molar-refractivity contribution in [3.8, 4) is 16.9 Å². The minimum absolute atomic E-state index is 0.0545. The fourth-order valence-corrected chi connectivity index (χ4v) is 3.40. The molecule has 4 aliphatic rings. The topological polar surface area (TPSA) is 40.2 Å². The van der Waals surface area contributed by atoms with Crippen LogP contribution in [0.15, 0.2) is 12.3 Å². The van der Waals surface area contributed by atoms with E-state index in [0.29, 0.717) is 12.2 Å². The van der Waals surface area contributed by atoms with Crippen LogP contribution in [0.5, 0.6) is 5.75 Å². The normalized spacial score (nSPS) is 19.0. The highest BCUT2D eigenvalue weighted by Crippen LogP contribution is 2.47. The van der Waals surface area contributed by atoms with E-state index in [9.17, 15) is 4.39 Å². The van der Waals surface area contributed by atoms with Gasteiger partial charge < -0.3 is 15.0 Å². The molecule has 2 aliphatic carbocycles. The lowest BCUT2D eigenvalue weighted by Gasteiger charge is -2.13. The summed E-state index contributed by atoms with van der Waals surface area (Å²) in [6.45, 7) is 2.95. The van der Waals surface area contributed by atoms with Gasteiger partial charge in [-0.1, -0.05) is 0 Å². The number of halogens is 1. The molecule has 21 heavy (non-hydrogen) atoms. The van der Waals surface area contributed by atoms with Crippen molar-refractivity contribution in [2.24, 2.45) is 5.73 Å². The standard InChI is InChI=1S/C17H21FN2O/c1-10(19)9-13-15-12(6-8-20-7-2-3-14(15)20)17(16(13)18)21-11-4-5-11/h6,8,10-11H,2-5,7,9,19H2,1H3/t10-/m0/s1. The van der Waals surface area contributed by atoms with Gasteiger partial charge in [-0.05, 0) is 45.1 Å². The van der Waals surface area contributed by atoms with Crippen LogP contribution in [0.25, 0.3) is 11.1 Å². The van der Waals surface area contributed by atoms with E-state index in [0.717, 1.165) is 48.9 Å². The average molecular weight is 288 g/mol. The summed E-state index contributed by atoms with van der Waals surface area (Å²) in [7, 11) is 0. The zero-order valence-electron chi connectivity index (χ0n) is 12.4. The fraction of sp³-hybridized carbons (Fsp3) is 0.529. The predicted molar refractivity (Wildman–Crippen MR) is 80.3 cm³/mol. The number of pyridine rings is 1. The van der Waals surface area contributed by atoms with Gasteiger partial charge in [-0.3, -0.25) is 0 Å². The maximum absolute atomic E-state index is 14.9. The molecule has 4 heteroatoms. The molecule has 3 nitrogen and oxygen atoms in total. The van der Waals surface area contributed by atoms with Crippen molar-refractivity contribution in [1.29, 1.82) is 0 Å². The van der Waals surface area contributed by atoms with Crippen molar-refractivity contribution in [3.05, 3.63) is 29.3 Å². The molecule has 0 aromatic heterocycles. The van der Waals surface area contributed by atoms with E-state index in [1.54, 1.807) is 0 Å². The molecule has 0 bridgehead atoms. The molecule has 0 aromatic rings. The molecule has 1 saturated carbocycles. The zero-order valence-corrected chi connectivity index (χ0v) is 12.4. The Morgan fingerprint density at radius 2 is 2.29 bits per heavy atom. The highest BCUT2D eigenvalue weighted by molar-refractivity contribution is 5.81. The quantitative estimate of drug-likeness (QED) is 0.939. The van der Waals surface area contributed by atoms with Crippen molar-refractivity contribution < 1.29 is 9.13 Å². The van der Waals surface area contributed by atoms with Crippen LogP contribution in [0.1, 0.15) is 37.4 Å². The number of aromatic nitrogens is 1. The molecule has 1 fully saturated rings. The SMILES string of the molecule is C[C@H](N)Cc1c(F)c(OC2CC2)c2ccn3c(c1-2)CCC3. The summed E-state index contributed by atoms with van der Waals surface area (Å²) in [5.74, 6) is 0.272. The van der Waals surface area contributed by atoms with Gasteiger partial charge >= 0.3 is 0 Å². The molecule has 0 saturated heterocycles. The third kappa shape index (κ3) is 2.13. The van der Waals surface area contributed by atoms with Gasteiger partial charge in [0.25, 0.3) is 0 Å². The number of hydrogen-bond acceptors (Lipinski definition) is 2. The van der Waals surface area contributed by atoms with Gasteiger partial charge in [0.15, 0.2) is 11.6 Å². The molecular weight excluding hydrogens is 267 g/mol. The number of aryl methyl sites for hydroxylation is 1. The molecular formula is C17H21FN2O. The highest BCUT2D eigenvalue weighted by Gasteiger charge is 2.33. The molecule has 0 aromatic carbocycles. The number of ether oxygens (including phenoxy) is 1. The second-order valence-electron chi connectivity index (χ2n) is 6.47. The van der Waals surface area contributed by atoms with Gasteiger partial charge in [0.05, 0.1) is 6.10 Å². The maximum Gasteiger partial charge on any atom is 0.169 e. The van der Waals surface area contributed by atoms with E-state index in [1.165, 1.54) is 5.69 Å². The molecule has 1 atom stereocenters. The second kappa shape index (κ2) is 4.73. The number of nitrogens with two attached hydrogens (primary N) is 1. The Morgan fingerprint density at radius 3 is 3.00 bits per heavy atom. The molecule has 112 valence electrons. The summed E-state index contributed by atoms with van der Waals surface area (Å²) in [6.07, 6.45) is 7.04. The van der Waals surface area contributed by atoms with Crippen LogP contribution in [-0.2, 0) is 19.4 Å². The van der Waals surface area contributed by atoms with E-state index >= 15 is 0 Å². The van der Waals surface area contributed by atoms with Crippen LogP contribution in [0.3, 0.4) is 0 Å². The summed E-state index contributed by atoms with van der Waals surface area (Å²) in [4.78, 5) is 0. The molecule has 4 rings (SSSR count). The Hall–Kier alpha value is -1.55. The molecule has 2 aliphatic heterocycles. The van der Waals surface area contributed by atoms with Crippen LogP contribution < -0.4 is 10.5 Å². The Bertz CT molecular complexity index is 658. The Balaban J connectivity index is 1.90. The first-order valence-electron chi connectivity index (χ1n) is 7.89. The van der Waals surface area contributed by atoms with Gasteiger partial charge in [0.2, 0.25) is 0 Å². The van der Waals surface area contributed by atoms with Crippen molar-refractivity contribution in [3.63, 3.8) is 0 Å². The summed E-state index contributed by atoms with van der Waals surface area (Å²) in [6, 6.07) is 1.96. The summed E-state index contributed by atoms with van der Waals surface area (Å²) in [5, 5.41) is 0. The highest BCUT2D eigenvalue weighted by atomic mass is 19.1. The lowest BCUT2D eigenvalue weighted by molar-refractivity contribution is 0.290. The van der Waals surface area contributed by atoms with Crippen molar-refractivity contribution in [2.75, 3.05) is 0 Å². The molecule has 0 spiro atoms. The largest absolute Gasteiger partial charge is 0.487 e. The monoisotopic (exact) mass is 288 g/mol. The number of nitrogens with zero attached hydrogens (tertiary/aromatic N) is 1. The Morgan fingerprint density at radius 1 is 1.48 bits per heavy atom. The minimum Gasteiger partial charge on any atom is -0.487 e. The number of fused-ring (bicyclic) bond motifs is 3. The van der Waals surface area contributed by atoms with Gasteiger partial charge in [-0.25, -0.2) is 4.39 Å². The number of rotatable bonds is 4. The van der Waals surface area contributed by atoms with Crippen LogP contribution in [0, 0.1) is 5.82 Å². The fourth-order valence-electron chi connectivity index (χ4n) is 3.40. The van der Waals surface area contributed by atoms with E-state index in [-0.39, 0.29) is 18.0 Å². The third-order valence-corrected chi connectivity index (χ3v) is 4.48. The average Bonchev–Trinajstić information content (AvgIpc) is 3.07. The predicted octanol–water partition coefficient (Wildman–Crippen LogP) is 3.11. The summed E-state index contributed by atoms with van der Waals surface area (Å²) < 4.78 is 23.0. The first-order chi connectivity index (χ1) is 10.1. The van der Waals surface area contributed by atoms with Crippen molar-refractivity contribution in [2.45, 2.75) is 57.7 Å². The van der Waals surface area contributed by atoms with Gasteiger partial charge in [-0.15, -0.1) is 0 Å². The second-order valence-corrected chi connectivity index (χ2v) is 6.47. The smallest absolute Gasteiger partial charge is 0.169 e. The minimum atomic E-state index is -0.185. The van der Waals surface area contributed by atoms with Gasteiger partial charge in [-0.2, -0.15) is 0 Å². The van der Waals surface area contributed by atoms with E-state index < -0.39 is 0 Å². The van der Waals surface area contributed by atoms with E-state index in [4.69, 9.17) is 10.5 Å². The van der Waals surface area contributed by atoms with Gasteiger partial charge in [0.1, 0.15) is 0 Å². The van der Waals surface area contributed by atoms with Crippen LogP contribution >= 0.6 is 0 Å². The molecule has 0 radical (unpaired) electrons. The maximum atomic E-state index is 14.9. The summed E-state index contributed by atoms with van der Waals surface area (Å²) in [5.41, 5.74) is 9.92. The lowest BCUT2D eigenvalue weighted by Crippen LogP contribution is -2.18. The van der Waals surface area contributed by atoms with E-state index in [2.05, 4.69) is 10.8 Å². The molecule has 2 N–H and O–H groups in total. The first kappa shape index (κ1) is 13.1. The Labute approximate surface area is 124 Å². The van der Waals surface area contributed by atoms with Crippen molar-refractivity contribution in [1.82, 2.24) is 4.57 Å². The zero-order chi connectivity index (χ0) is 14.6. The van der Waals surface area contributed by atoms with E-state index in [1.807, 2.05) is 13.0 Å². The molecule has 2 heterocycles. The van der Waals surface area contributed by atoms with Crippen LogP contribution in [0.4, 0.5) is 4.39 Å². The lowest BCUT2D eigenvalue weighted by atomic mass is 9.99. The number of hydrogen-bond donors (Lipinski definition) is 1. The Kier molecular flexibility index (Phi) is 2.96. The molecule has 0 unspecified atom stereocenters. The first-order valence-corrected chi connectivity index (χ1v) is 7.89.